The minimum atomic E-state index is -0.199. The summed E-state index contributed by atoms with van der Waals surface area (Å²) in [7, 11) is 0. The van der Waals surface area contributed by atoms with Gasteiger partial charge in [-0.15, -0.1) is 0 Å². The molecule has 0 bridgehead atoms. The molecule has 0 saturated carbocycles. The highest BCUT2D eigenvalue weighted by Crippen LogP contribution is 2.18. The molecule has 1 atom stereocenters. The lowest BCUT2D eigenvalue weighted by atomic mass is 9.87. The van der Waals surface area contributed by atoms with Gasteiger partial charge in [0.05, 0.1) is 6.04 Å². The molecule has 0 fully saturated rings. The van der Waals surface area contributed by atoms with E-state index in [1.165, 1.54) is 11.1 Å². The van der Waals surface area contributed by atoms with Gasteiger partial charge in [0, 0.05) is 12.1 Å². The molecule has 1 aromatic rings. The van der Waals surface area contributed by atoms with Gasteiger partial charge in [0.1, 0.15) is 0 Å². The number of benzene rings is 1. The molecule has 0 aromatic heterocycles. The third-order valence-corrected chi connectivity index (χ3v) is 2.50. The normalized spacial score (nSPS) is 21.3. The maximum atomic E-state index is 8.80. The molecule has 0 heterocycles. The van der Waals surface area contributed by atoms with Crippen LogP contribution in [0, 0.1) is 5.41 Å². The highest BCUT2D eigenvalue weighted by molar-refractivity contribution is 5.90. The quantitative estimate of drug-likeness (QED) is 0.562. The average Bonchev–Trinajstić information content (AvgIpc) is 2.17. The molecule has 1 unspecified atom stereocenters. The smallest absolute Gasteiger partial charge is 0.0738 e. The van der Waals surface area contributed by atoms with Gasteiger partial charge in [-0.1, -0.05) is 24.3 Å². The molecule has 0 aliphatic heterocycles. The lowest BCUT2D eigenvalue weighted by Crippen LogP contribution is -2.40. The first-order chi connectivity index (χ1) is 6.31. The maximum Gasteiger partial charge on any atom is 0.0738 e. The Kier molecular flexibility index (Phi) is 2.12. The summed E-state index contributed by atoms with van der Waals surface area (Å²) >= 11 is 0. The second kappa shape index (κ2) is 3.28. The highest BCUT2D eigenvalue weighted by Gasteiger charge is 2.21. The Morgan fingerprint density at radius 3 is 2.69 bits per heavy atom. The Balaban J connectivity index is 2.33. The summed E-state index contributed by atoms with van der Waals surface area (Å²) in [5.41, 5.74) is 5.16. The first kappa shape index (κ1) is 8.41. The number of hydroxylamine groups is 1. The Labute approximate surface area is 76.9 Å². The third kappa shape index (κ3) is 1.48. The van der Waals surface area contributed by atoms with Crippen LogP contribution < -0.4 is 5.48 Å². The monoisotopic (exact) mass is 176 g/mol. The van der Waals surface area contributed by atoms with Gasteiger partial charge < -0.3 is 10.6 Å². The van der Waals surface area contributed by atoms with E-state index >= 15 is 0 Å². The van der Waals surface area contributed by atoms with Crippen molar-refractivity contribution in [1.29, 1.82) is 5.41 Å². The zero-order chi connectivity index (χ0) is 9.26. The van der Waals surface area contributed by atoms with E-state index in [0.717, 1.165) is 0 Å². The zero-order valence-corrected chi connectivity index (χ0v) is 7.25. The van der Waals surface area contributed by atoms with Gasteiger partial charge in [-0.3, -0.25) is 0 Å². The summed E-state index contributed by atoms with van der Waals surface area (Å²) in [5.74, 6) is 0. The SMILES string of the molecule is N=C1Cc2ccccc2CC1NO. The fraction of sp³-hybridized carbons (Fsp3) is 0.300. The van der Waals surface area contributed by atoms with Crippen LogP contribution in [-0.4, -0.2) is 17.0 Å². The number of fused-ring (bicyclic) bond motifs is 1. The van der Waals surface area contributed by atoms with Crippen LogP contribution in [0.1, 0.15) is 11.1 Å². The molecule has 13 heavy (non-hydrogen) atoms. The van der Waals surface area contributed by atoms with Crippen molar-refractivity contribution in [2.45, 2.75) is 18.9 Å². The van der Waals surface area contributed by atoms with E-state index in [1.807, 2.05) is 24.3 Å². The molecular formula is C10H12N2O. The van der Waals surface area contributed by atoms with Crippen molar-refractivity contribution in [1.82, 2.24) is 5.48 Å². The van der Waals surface area contributed by atoms with Crippen molar-refractivity contribution in [3.8, 4) is 0 Å². The second-order valence-corrected chi connectivity index (χ2v) is 3.36. The fourth-order valence-corrected chi connectivity index (χ4v) is 1.72. The lowest BCUT2D eigenvalue weighted by molar-refractivity contribution is 0.148. The Morgan fingerprint density at radius 1 is 1.31 bits per heavy atom. The molecule has 3 heteroatoms. The summed E-state index contributed by atoms with van der Waals surface area (Å²) in [6, 6.07) is 7.86. The van der Waals surface area contributed by atoms with E-state index in [0.29, 0.717) is 18.6 Å². The summed E-state index contributed by atoms with van der Waals surface area (Å²) in [4.78, 5) is 0. The van der Waals surface area contributed by atoms with Gasteiger partial charge >= 0.3 is 0 Å². The lowest BCUT2D eigenvalue weighted by Gasteiger charge is -2.24. The van der Waals surface area contributed by atoms with Crippen LogP contribution in [0.5, 0.6) is 0 Å². The maximum absolute atomic E-state index is 8.80. The first-order valence-electron chi connectivity index (χ1n) is 4.35. The van der Waals surface area contributed by atoms with Crippen molar-refractivity contribution < 1.29 is 5.21 Å². The Morgan fingerprint density at radius 2 is 2.00 bits per heavy atom. The molecule has 68 valence electrons. The third-order valence-electron chi connectivity index (χ3n) is 2.50. The summed E-state index contributed by atoms with van der Waals surface area (Å²) in [5, 5.41) is 16.5. The predicted molar refractivity (Wildman–Crippen MR) is 50.3 cm³/mol. The molecule has 1 aliphatic carbocycles. The van der Waals surface area contributed by atoms with Gasteiger partial charge in [0.2, 0.25) is 0 Å². The topological polar surface area (TPSA) is 56.1 Å². The molecule has 1 aliphatic rings. The van der Waals surface area contributed by atoms with Gasteiger partial charge in [-0.05, 0) is 17.5 Å². The first-order valence-corrected chi connectivity index (χ1v) is 4.35. The van der Waals surface area contributed by atoms with E-state index < -0.39 is 0 Å². The van der Waals surface area contributed by atoms with Crippen LogP contribution in [-0.2, 0) is 12.8 Å². The van der Waals surface area contributed by atoms with E-state index in [9.17, 15) is 0 Å². The number of rotatable bonds is 1. The molecule has 3 nitrogen and oxygen atoms in total. The van der Waals surface area contributed by atoms with Crippen LogP contribution in [0.15, 0.2) is 24.3 Å². The van der Waals surface area contributed by atoms with Gasteiger partial charge in [-0.25, -0.2) is 0 Å². The summed E-state index contributed by atoms with van der Waals surface area (Å²) in [6.07, 6.45) is 1.36. The summed E-state index contributed by atoms with van der Waals surface area (Å²) < 4.78 is 0. The van der Waals surface area contributed by atoms with Gasteiger partial charge in [-0.2, -0.15) is 5.48 Å². The largest absolute Gasteiger partial charge is 0.316 e. The van der Waals surface area contributed by atoms with Crippen molar-refractivity contribution in [2.75, 3.05) is 0 Å². The van der Waals surface area contributed by atoms with E-state index in [-0.39, 0.29) is 6.04 Å². The molecule has 2 rings (SSSR count). The van der Waals surface area contributed by atoms with Crippen LogP contribution in [0.4, 0.5) is 0 Å². The molecule has 1 aromatic carbocycles. The Bertz CT molecular complexity index is 335. The number of hydrogen-bond acceptors (Lipinski definition) is 3. The second-order valence-electron chi connectivity index (χ2n) is 3.36. The zero-order valence-electron chi connectivity index (χ0n) is 7.25. The molecule has 3 N–H and O–H groups in total. The van der Waals surface area contributed by atoms with Crippen molar-refractivity contribution >= 4 is 5.71 Å². The molecule has 0 amide bonds. The number of nitrogens with one attached hydrogen (secondary N) is 2. The van der Waals surface area contributed by atoms with Crippen LogP contribution in [0.25, 0.3) is 0 Å². The minimum absolute atomic E-state index is 0.199. The molecular weight excluding hydrogens is 164 g/mol. The van der Waals surface area contributed by atoms with Gasteiger partial charge in [0.25, 0.3) is 0 Å². The Hall–Kier alpha value is -1.19. The average molecular weight is 176 g/mol. The van der Waals surface area contributed by atoms with Crippen molar-refractivity contribution in [2.24, 2.45) is 0 Å². The molecule has 0 saturated heterocycles. The standard InChI is InChI=1S/C10H12N2O/c11-9-5-7-3-1-2-4-8(7)6-10(9)12-13/h1-4,10-13H,5-6H2. The highest BCUT2D eigenvalue weighted by atomic mass is 16.5. The van der Waals surface area contributed by atoms with E-state index in [1.54, 1.807) is 0 Å². The number of hydrogen-bond donors (Lipinski definition) is 3. The molecule has 0 spiro atoms. The van der Waals surface area contributed by atoms with E-state index in [4.69, 9.17) is 10.6 Å². The van der Waals surface area contributed by atoms with Gasteiger partial charge in [0.15, 0.2) is 0 Å². The summed E-state index contributed by atoms with van der Waals surface area (Å²) in [6.45, 7) is 0. The van der Waals surface area contributed by atoms with Crippen molar-refractivity contribution in [3.63, 3.8) is 0 Å². The van der Waals surface area contributed by atoms with Crippen LogP contribution in [0.2, 0.25) is 0 Å². The van der Waals surface area contributed by atoms with Crippen molar-refractivity contribution in [3.05, 3.63) is 35.4 Å². The minimum Gasteiger partial charge on any atom is -0.316 e. The fourth-order valence-electron chi connectivity index (χ4n) is 1.72. The molecule has 0 radical (unpaired) electrons. The van der Waals surface area contributed by atoms with E-state index in [2.05, 4.69) is 5.48 Å². The van der Waals surface area contributed by atoms with Crippen LogP contribution in [0.3, 0.4) is 0 Å². The predicted octanol–water partition coefficient (Wildman–Crippen LogP) is 1.15. The van der Waals surface area contributed by atoms with Crippen LogP contribution >= 0.6 is 0 Å².